The molecule has 0 atom stereocenters. The summed E-state index contributed by atoms with van der Waals surface area (Å²) in [5, 5.41) is 0. The summed E-state index contributed by atoms with van der Waals surface area (Å²) < 4.78 is 69.9. The molecule has 286 valence electrons. The van der Waals surface area contributed by atoms with Crippen LogP contribution in [0.25, 0.3) is 0 Å². The molecule has 0 aliphatic carbocycles. The topological polar surface area (TPSA) is 154 Å². The molecular formula is C33H64O15. The standard InChI is InChI=1S/C33H64O15/c1-5-6-31(34)47-30-29-46-28-27-45-26-25-44-24-23-43-22-21-42-20-19-41-18-17-40-16-15-39-14-13-38-12-11-37-10-9-36-8-7-32(35)48-33(2,3)4/h5-30H2,1-4H3. The molecule has 0 aromatic carbocycles. The number of hydrogen-bond acceptors (Lipinski definition) is 15. The van der Waals surface area contributed by atoms with Gasteiger partial charge in [-0.15, -0.1) is 0 Å². The van der Waals surface area contributed by atoms with Crippen molar-refractivity contribution < 1.29 is 71.2 Å². The maximum Gasteiger partial charge on any atom is 0.308 e. The van der Waals surface area contributed by atoms with E-state index in [4.69, 9.17) is 61.6 Å². The largest absolute Gasteiger partial charge is 0.463 e. The highest BCUT2D eigenvalue weighted by atomic mass is 16.6. The molecule has 0 aromatic heterocycles. The second kappa shape index (κ2) is 36.8. The molecule has 0 aromatic rings. The number of esters is 2. The van der Waals surface area contributed by atoms with Gasteiger partial charge in [0.2, 0.25) is 0 Å². The van der Waals surface area contributed by atoms with E-state index in [1.54, 1.807) is 0 Å². The zero-order valence-corrected chi connectivity index (χ0v) is 30.0. The Labute approximate surface area is 287 Å². The van der Waals surface area contributed by atoms with Crippen LogP contribution in [-0.4, -0.2) is 169 Å². The van der Waals surface area contributed by atoms with Crippen LogP contribution in [-0.2, 0) is 71.2 Å². The number of rotatable bonds is 38. The van der Waals surface area contributed by atoms with Gasteiger partial charge in [-0.05, 0) is 27.2 Å². The van der Waals surface area contributed by atoms with Gasteiger partial charge in [0.05, 0.1) is 152 Å². The van der Waals surface area contributed by atoms with Crippen molar-refractivity contribution in [3.05, 3.63) is 0 Å². The molecule has 0 fully saturated rings. The number of ether oxygens (including phenoxy) is 13. The molecule has 0 radical (unpaired) electrons. The Morgan fingerprint density at radius 3 is 0.854 bits per heavy atom. The van der Waals surface area contributed by atoms with Crippen molar-refractivity contribution in [1.29, 1.82) is 0 Å². The number of hydrogen-bond donors (Lipinski definition) is 0. The quantitative estimate of drug-likeness (QED) is 0.0683. The Morgan fingerprint density at radius 1 is 0.354 bits per heavy atom. The average molecular weight is 701 g/mol. The zero-order valence-electron chi connectivity index (χ0n) is 30.0. The van der Waals surface area contributed by atoms with Gasteiger partial charge in [0.15, 0.2) is 0 Å². The van der Waals surface area contributed by atoms with E-state index in [0.717, 1.165) is 6.42 Å². The smallest absolute Gasteiger partial charge is 0.308 e. The Hall–Kier alpha value is -1.50. The van der Waals surface area contributed by atoms with E-state index >= 15 is 0 Å². The van der Waals surface area contributed by atoms with Crippen LogP contribution in [0.4, 0.5) is 0 Å². The molecule has 0 heterocycles. The Kier molecular flexibility index (Phi) is 35.6. The lowest BCUT2D eigenvalue weighted by molar-refractivity contribution is -0.156. The van der Waals surface area contributed by atoms with E-state index in [0.29, 0.717) is 152 Å². The van der Waals surface area contributed by atoms with Crippen LogP contribution in [0, 0.1) is 0 Å². The lowest BCUT2D eigenvalue weighted by Crippen LogP contribution is -2.24. The third-order valence-corrected chi connectivity index (χ3v) is 5.54. The molecule has 0 rings (SSSR count). The highest BCUT2D eigenvalue weighted by molar-refractivity contribution is 5.70. The second-order valence-electron chi connectivity index (χ2n) is 11.0. The van der Waals surface area contributed by atoms with Gasteiger partial charge < -0.3 is 61.6 Å². The van der Waals surface area contributed by atoms with E-state index in [2.05, 4.69) is 0 Å². The van der Waals surface area contributed by atoms with Crippen LogP contribution in [0.1, 0.15) is 47.0 Å². The van der Waals surface area contributed by atoms with Gasteiger partial charge in [-0.2, -0.15) is 0 Å². The van der Waals surface area contributed by atoms with Crippen molar-refractivity contribution in [2.24, 2.45) is 0 Å². The van der Waals surface area contributed by atoms with Gasteiger partial charge >= 0.3 is 11.9 Å². The van der Waals surface area contributed by atoms with Crippen LogP contribution in [0.3, 0.4) is 0 Å². The Morgan fingerprint density at radius 2 is 0.604 bits per heavy atom. The van der Waals surface area contributed by atoms with Gasteiger partial charge in [-0.1, -0.05) is 6.92 Å². The first-order valence-corrected chi connectivity index (χ1v) is 17.1. The molecule has 0 saturated carbocycles. The maximum atomic E-state index is 11.6. The first kappa shape index (κ1) is 46.5. The summed E-state index contributed by atoms with van der Waals surface area (Å²) in [4.78, 5) is 22.7. The summed E-state index contributed by atoms with van der Waals surface area (Å²) in [5.41, 5.74) is -0.477. The first-order valence-electron chi connectivity index (χ1n) is 17.1. The van der Waals surface area contributed by atoms with Crippen molar-refractivity contribution in [2.75, 3.05) is 152 Å². The highest BCUT2D eigenvalue weighted by Gasteiger charge is 2.15. The minimum absolute atomic E-state index is 0.192. The van der Waals surface area contributed by atoms with E-state index < -0.39 is 5.60 Å². The van der Waals surface area contributed by atoms with Crippen molar-refractivity contribution in [2.45, 2.75) is 52.6 Å². The minimum atomic E-state index is -0.477. The van der Waals surface area contributed by atoms with E-state index in [-0.39, 0.29) is 25.0 Å². The normalized spacial score (nSPS) is 11.7. The van der Waals surface area contributed by atoms with E-state index in [1.165, 1.54) is 0 Å². The molecule has 0 unspecified atom stereocenters. The first-order chi connectivity index (χ1) is 23.3. The maximum absolute atomic E-state index is 11.6. The number of carbonyl (C=O) groups excluding carboxylic acids is 2. The third kappa shape index (κ3) is 40.7. The summed E-state index contributed by atoms with van der Waals surface area (Å²) in [5.74, 6) is -0.460. The van der Waals surface area contributed by atoms with Crippen LogP contribution >= 0.6 is 0 Å². The summed E-state index contributed by atoms with van der Waals surface area (Å²) in [7, 11) is 0. The monoisotopic (exact) mass is 700 g/mol. The molecular weight excluding hydrogens is 636 g/mol. The molecule has 0 bridgehead atoms. The summed E-state index contributed by atoms with van der Waals surface area (Å²) in [6.45, 7) is 17.9. The average Bonchev–Trinajstić information content (AvgIpc) is 3.04. The SMILES string of the molecule is CCCC(=O)OCCOCCOCCOCCOCCOCCOCCOCCOCCOCCOCCOCCC(=O)OC(C)(C)C. The van der Waals surface area contributed by atoms with Crippen LogP contribution in [0.5, 0.6) is 0 Å². The van der Waals surface area contributed by atoms with Crippen LogP contribution in [0.2, 0.25) is 0 Å². The second-order valence-corrected chi connectivity index (χ2v) is 11.0. The van der Waals surface area contributed by atoms with Crippen molar-refractivity contribution >= 4 is 11.9 Å². The molecule has 0 saturated heterocycles. The van der Waals surface area contributed by atoms with Gasteiger partial charge in [-0.3, -0.25) is 9.59 Å². The van der Waals surface area contributed by atoms with E-state index in [9.17, 15) is 9.59 Å². The Bertz CT molecular complexity index is 690. The van der Waals surface area contributed by atoms with E-state index in [1.807, 2.05) is 27.7 Å². The van der Waals surface area contributed by atoms with Crippen LogP contribution in [0.15, 0.2) is 0 Å². The summed E-state index contributed by atoms with van der Waals surface area (Å²) in [6, 6.07) is 0. The highest BCUT2D eigenvalue weighted by Crippen LogP contribution is 2.08. The predicted octanol–water partition coefficient (Wildman–Crippen LogP) is 2.24. The molecule has 0 amide bonds. The fourth-order valence-corrected chi connectivity index (χ4v) is 3.34. The zero-order chi connectivity index (χ0) is 35.2. The van der Waals surface area contributed by atoms with Gasteiger partial charge in [-0.25, -0.2) is 0 Å². The summed E-state index contributed by atoms with van der Waals surface area (Å²) in [6.07, 6.45) is 1.45. The fraction of sp³-hybridized carbons (Fsp3) is 0.939. The Balaban J connectivity index is 3.11. The van der Waals surface area contributed by atoms with Crippen molar-refractivity contribution in [1.82, 2.24) is 0 Å². The molecule has 48 heavy (non-hydrogen) atoms. The lowest BCUT2D eigenvalue weighted by Gasteiger charge is -2.19. The molecule has 15 heteroatoms. The molecule has 0 aliphatic rings. The fourth-order valence-electron chi connectivity index (χ4n) is 3.34. The predicted molar refractivity (Wildman–Crippen MR) is 175 cm³/mol. The molecule has 0 aliphatic heterocycles. The molecule has 0 spiro atoms. The summed E-state index contributed by atoms with van der Waals surface area (Å²) >= 11 is 0. The van der Waals surface area contributed by atoms with Crippen molar-refractivity contribution in [3.8, 4) is 0 Å². The van der Waals surface area contributed by atoms with Gasteiger partial charge in [0.25, 0.3) is 0 Å². The molecule has 0 N–H and O–H groups in total. The third-order valence-electron chi connectivity index (χ3n) is 5.54. The van der Waals surface area contributed by atoms with Gasteiger partial charge in [0.1, 0.15) is 12.2 Å². The van der Waals surface area contributed by atoms with Crippen molar-refractivity contribution in [3.63, 3.8) is 0 Å². The van der Waals surface area contributed by atoms with Gasteiger partial charge in [0, 0.05) is 6.42 Å². The number of carbonyl (C=O) groups is 2. The molecule has 15 nitrogen and oxygen atoms in total. The lowest BCUT2D eigenvalue weighted by atomic mass is 10.2. The van der Waals surface area contributed by atoms with Crippen LogP contribution < -0.4 is 0 Å². The minimum Gasteiger partial charge on any atom is -0.463 e.